The zero-order valence-corrected chi connectivity index (χ0v) is 9.84. The van der Waals surface area contributed by atoms with Crippen LogP contribution in [0.4, 0.5) is 0 Å². The van der Waals surface area contributed by atoms with E-state index in [0.717, 1.165) is 5.82 Å². The van der Waals surface area contributed by atoms with Gasteiger partial charge in [-0.1, -0.05) is 12.2 Å². The predicted octanol–water partition coefficient (Wildman–Crippen LogP) is -1.53. The fourth-order valence-electron chi connectivity index (χ4n) is 1.06. The van der Waals surface area contributed by atoms with Gasteiger partial charge in [-0.2, -0.15) is 0 Å². The Morgan fingerprint density at radius 2 is 2.12 bits per heavy atom. The molecule has 0 spiro atoms. The lowest BCUT2D eigenvalue weighted by Gasteiger charge is -2.04. The Kier molecular flexibility index (Phi) is 5.08. The summed E-state index contributed by atoms with van der Waals surface area (Å²) in [6.45, 7) is 0.340. The summed E-state index contributed by atoms with van der Waals surface area (Å²) >= 11 is 4.56. The smallest absolute Gasteiger partial charge is 0.309 e. The molecule has 0 aliphatic heterocycles. The highest BCUT2D eigenvalue weighted by Crippen LogP contribution is 1.87. The van der Waals surface area contributed by atoms with E-state index >= 15 is 0 Å². The van der Waals surface area contributed by atoms with Crippen LogP contribution in [0.25, 0.3) is 0 Å². The normalized spacial score (nSPS) is 9.65. The van der Waals surface area contributed by atoms with Crippen molar-refractivity contribution in [3.63, 3.8) is 0 Å². The first-order chi connectivity index (χ1) is 8.09. The topological polar surface area (TPSA) is 113 Å². The quantitative estimate of drug-likeness (QED) is 0.376. The van der Waals surface area contributed by atoms with Crippen LogP contribution in [0.2, 0.25) is 0 Å². The van der Waals surface area contributed by atoms with Gasteiger partial charge in [0.1, 0.15) is 5.82 Å². The van der Waals surface area contributed by atoms with Gasteiger partial charge in [-0.25, -0.2) is 4.98 Å². The number of imidazole rings is 1. The van der Waals surface area contributed by atoms with E-state index in [2.05, 4.69) is 32.8 Å². The van der Waals surface area contributed by atoms with Crippen molar-refractivity contribution in [3.8, 4) is 0 Å². The number of hydrogen-bond donors (Lipinski definition) is 4. The van der Waals surface area contributed by atoms with Gasteiger partial charge in [-0.3, -0.25) is 9.59 Å². The molecule has 7 nitrogen and oxygen atoms in total. The molecule has 0 bridgehead atoms. The van der Waals surface area contributed by atoms with E-state index in [4.69, 9.17) is 5.73 Å². The third-order valence-corrected chi connectivity index (χ3v) is 1.98. The third kappa shape index (κ3) is 5.07. The second kappa shape index (κ2) is 6.59. The summed E-state index contributed by atoms with van der Waals surface area (Å²) in [6, 6.07) is 0. The van der Waals surface area contributed by atoms with E-state index in [1.807, 2.05) is 0 Å². The molecule has 92 valence electrons. The van der Waals surface area contributed by atoms with Crippen molar-refractivity contribution in [1.29, 1.82) is 0 Å². The highest BCUT2D eigenvalue weighted by Gasteiger charge is 2.12. The highest BCUT2D eigenvalue weighted by molar-refractivity contribution is 7.80. The van der Waals surface area contributed by atoms with Crippen LogP contribution in [-0.2, 0) is 16.0 Å². The lowest BCUT2D eigenvalue weighted by Crippen LogP contribution is -2.43. The van der Waals surface area contributed by atoms with Gasteiger partial charge < -0.3 is 21.4 Å². The number of amides is 2. The summed E-state index contributed by atoms with van der Waals surface area (Å²) in [7, 11) is 0. The molecule has 17 heavy (non-hydrogen) atoms. The first-order valence-electron chi connectivity index (χ1n) is 4.92. The molecule has 1 heterocycles. The van der Waals surface area contributed by atoms with Crippen molar-refractivity contribution in [2.24, 2.45) is 5.73 Å². The number of carbonyl (C=O) groups excluding carboxylic acids is 2. The molecule has 1 aromatic heterocycles. The fourth-order valence-corrected chi connectivity index (χ4v) is 1.13. The van der Waals surface area contributed by atoms with Crippen LogP contribution in [0.15, 0.2) is 12.4 Å². The minimum atomic E-state index is -0.753. The van der Waals surface area contributed by atoms with Crippen molar-refractivity contribution in [3.05, 3.63) is 18.2 Å². The van der Waals surface area contributed by atoms with Crippen LogP contribution < -0.4 is 16.4 Å². The molecule has 5 N–H and O–H groups in total. The van der Waals surface area contributed by atoms with Crippen molar-refractivity contribution in [2.75, 3.05) is 13.1 Å². The number of carbonyl (C=O) groups is 2. The maximum atomic E-state index is 11.2. The van der Waals surface area contributed by atoms with Gasteiger partial charge in [0.15, 0.2) is 0 Å². The Balaban J connectivity index is 2.20. The molecule has 8 heteroatoms. The first kappa shape index (κ1) is 13.1. The summed E-state index contributed by atoms with van der Waals surface area (Å²) in [4.78, 5) is 29.4. The number of thiocarbonyl (C=S) groups is 1. The Morgan fingerprint density at radius 3 is 2.71 bits per heavy atom. The standard InChI is InChI=1S/C9H13N5O2S/c10-6(17)5-14-9(16)8(15)13-2-1-7-11-3-4-12-7/h3-4H,1-2,5H2,(H2,10,17)(H,11,12)(H,13,15)(H,14,16). The van der Waals surface area contributed by atoms with Crippen LogP contribution in [0.5, 0.6) is 0 Å². The zero-order valence-electron chi connectivity index (χ0n) is 9.03. The summed E-state index contributed by atoms with van der Waals surface area (Å²) in [5.74, 6) is -0.723. The van der Waals surface area contributed by atoms with Gasteiger partial charge in [0, 0.05) is 25.4 Å². The number of nitrogens with zero attached hydrogens (tertiary/aromatic N) is 1. The molecular formula is C9H13N5O2S. The fraction of sp³-hybridized carbons (Fsp3) is 0.333. The molecule has 0 saturated heterocycles. The number of nitrogens with one attached hydrogen (secondary N) is 3. The van der Waals surface area contributed by atoms with Crippen LogP contribution >= 0.6 is 12.2 Å². The monoisotopic (exact) mass is 255 g/mol. The van der Waals surface area contributed by atoms with E-state index < -0.39 is 11.8 Å². The maximum absolute atomic E-state index is 11.2. The third-order valence-electron chi connectivity index (χ3n) is 1.83. The lowest BCUT2D eigenvalue weighted by molar-refractivity contribution is -0.139. The van der Waals surface area contributed by atoms with Crippen molar-refractivity contribution < 1.29 is 9.59 Å². The lowest BCUT2D eigenvalue weighted by atomic mass is 10.4. The molecule has 0 unspecified atom stereocenters. The molecule has 2 amide bonds. The van der Waals surface area contributed by atoms with E-state index in [1.54, 1.807) is 12.4 Å². The summed E-state index contributed by atoms with van der Waals surface area (Å²) in [6.07, 6.45) is 3.83. The van der Waals surface area contributed by atoms with Gasteiger partial charge >= 0.3 is 11.8 Å². The van der Waals surface area contributed by atoms with E-state index in [9.17, 15) is 9.59 Å². The van der Waals surface area contributed by atoms with Crippen molar-refractivity contribution in [2.45, 2.75) is 6.42 Å². The average Bonchev–Trinajstić information content (AvgIpc) is 2.78. The number of rotatable bonds is 5. The SMILES string of the molecule is NC(=S)CNC(=O)C(=O)NCCc1ncc[nH]1. The Labute approximate surface area is 103 Å². The molecule has 0 aliphatic rings. The highest BCUT2D eigenvalue weighted by atomic mass is 32.1. The zero-order chi connectivity index (χ0) is 12.7. The minimum absolute atomic E-state index is 0.0137. The number of nitrogens with two attached hydrogens (primary N) is 1. The van der Waals surface area contributed by atoms with Crippen molar-refractivity contribution >= 4 is 29.0 Å². The van der Waals surface area contributed by atoms with Crippen LogP contribution in [-0.4, -0.2) is 39.9 Å². The minimum Gasteiger partial charge on any atom is -0.392 e. The van der Waals surface area contributed by atoms with Gasteiger partial charge in [-0.05, 0) is 0 Å². The van der Waals surface area contributed by atoms with Crippen LogP contribution in [0.1, 0.15) is 5.82 Å². The molecule has 1 rings (SSSR count). The second-order valence-corrected chi connectivity index (χ2v) is 3.72. The maximum Gasteiger partial charge on any atom is 0.309 e. The van der Waals surface area contributed by atoms with Crippen LogP contribution in [0, 0.1) is 0 Å². The average molecular weight is 255 g/mol. The van der Waals surface area contributed by atoms with E-state index in [-0.39, 0.29) is 11.5 Å². The van der Waals surface area contributed by atoms with Gasteiger partial charge in [0.2, 0.25) is 0 Å². The largest absolute Gasteiger partial charge is 0.392 e. The van der Waals surface area contributed by atoms with E-state index in [1.165, 1.54) is 0 Å². The molecule has 0 saturated carbocycles. The molecule has 0 aliphatic carbocycles. The van der Waals surface area contributed by atoms with Gasteiger partial charge in [0.05, 0.1) is 11.5 Å². The Hall–Kier alpha value is -1.96. The molecule has 0 radical (unpaired) electrons. The Bertz CT molecular complexity index is 404. The molecule has 0 fully saturated rings. The van der Waals surface area contributed by atoms with Gasteiger partial charge in [-0.15, -0.1) is 0 Å². The summed E-state index contributed by atoms with van der Waals surface area (Å²) < 4.78 is 0. The van der Waals surface area contributed by atoms with E-state index in [0.29, 0.717) is 13.0 Å². The molecule has 0 atom stereocenters. The molecule has 1 aromatic rings. The summed E-state index contributed by atoms with van der Waals surface area (Å²) in [5.41, 5.74) is 5.18. The van der Waals surface area contributed by atoms with Crippen LogP contribution in [0.3, 0.4) is 0 Å². The van der Waals surface area contributed by atoms with Gasteiger partial charge in [0.25, 0.3) is 0 Å². The number of hydrogen-bond acceptors (Lipinski definition) is 4. The first-order valence-corrected chi connectivity index (χ1v) is 5.33. The van der Waals surface area contributed by atoms with Crippen molar-refractivity contribution in [1.82, 2.24) is 20.6 Å². The second-order valence-electron chi connectivity index (χ2n) is 3.19. The number of aromatic amines is 1. The molecule has 0 aromatic carbocycles. The summed E-state index contributed by atoms with van der Waals surface area (Å²) in [5, 5.41) is 4.73. The predicted molar refractivity (Wildman–Crippen MR) is 65.1 cm³/mol. The Morgan fingerprint density at radius 1 is 1.41 bits per heavy atom. The molecular weight excluding hydrogens is 242 g/mol. The number of aromatic nitrogens is 2. The number of H-pyrrole nitrogens is 1.